The number of imidazole rings is 1. The maximum atomic E-state index is 5.37. The van der Waals surface area contributed by atoms with E-state index in [4.69, 9.17) is 4.74 Å². The van der Waals surface area contributed by atoms with Crippen molar-refractivity contribution in [1.29, 1.82) is 0 Å². The summed E-state index contributed by atoms with van der Waals surface area (Å²) < 4.78 is 7.20. The summed E-state index contributed by atoms with van der Waals surface area (Å²) in [6, 6.07) is 14.0. The van der Waals surface area contributed by atoms with Crippen LogP contribution in [0.3, 0.4) is 0 Å². The average Bonchev–Trinajstić information content (AvgIpc) is 3.29. The highest BCUT2D eigenvalue weighted by Gasteiger charge is 2.11. The van der Waals surface area contributed by atoms with Gasteiger partial charge in [-0.2, -0.15) is 5.10 Å². The Kier molecular flexibility index (Phi) is 3.93. The van der Waals surface area contributed by atoms with Gasteiger partial charge >= 0.3 is 0 Å². The zero-order valence-electron chi connectivity index (χ0n) is 14.2. The Hall–Kier alpha value is -3.15. The van der Waals surface area contributed by atoms with Crippen LogP contribution in [-0.4, -0.2) is 31.7 Å². The SMILES string of the molecule is COc1ccc(C)n2nc(CCc3c[nH]c(-c4ccccc4)n3)nc12. The van der Waals surface area contributed by atoms with Gasteiger partial charge in [0, 0.05) is 23.9 Å². The third kappa shape index (κ3) is 2.98. The number of aromatic nitrogens is 5. The molecule has 4 rings (SSSR count). The monoisotopic (exact) mass is 333 g/mol. The minimum Gasteiger partial charge on any atom is -0.493 e. The van der Waals surface area contributed by atoms with Crippen molar-refractivity contribution in [2.24, 2.45) is 0 Å². The summed E-state index contributed by atoms with van der Waals surface area (Å²) in [5, 5.41) is 4.59. The molecule has 0 aliphatic carbocycles. The lowest BCUT2D eigenvalue weighted by molar-refractivity contribution is 0.416. The number of aryl methyl sites for hydroxylation is 3. The Morgan fingerprint density at radius 1 is 1.04 bits per heavy atom. The molecule has 4 aromatic rings. The van der Waals surface area contributed by atoms with E-state index < -0.39 is 0 Å². The molecule has 1 N–H and O–H groups in total. The zero-order valence-corrected chi connectivity index (χ0v) is 14.2. The maximum Gasteiger partial charge on any atom is 0.198 e. The molecule has 3 aromatic heterocycles. The van der Waals surface area contributed by atoms with Crippen molar-refractivity contribution in [2.45, 2.75) is 19.8 Å². The second-order valence-electron chi connectivity index (χ2n) is 5.91. The Morgan fingerprint density at radius 2 is 1.88 bits per heavy atom. The maximum absolute atomic E-state index is 5.37. The number of methoxy groups -OCH3 is 1. The van der Waals surface area contributed by atoms with Crippen LogP contribution in [0.4, 0.5) is 0 Å². The molecule has 126 valence electrons. The summed E-state index contributed by atoms with van der Waals surface area (Å²) in [4.78, 5) is 12.5. The first-order chi connectivity index (χ1) is 12.2. The molecule has 0 atom stereocenters. The number of benzene rings is 1. The predicted molar refractivity (Wildman–Crippen MR) is 95.7 cm³/mol. The highest BCUT2D eigenvalue weighted by molar-refractivity contribution is 5.55. The van der Waals surface area contributed by atoms with E-state index in [1.807, 2.05) is 60.1 Å². The van der Waals surface area contributed by atoms with E-state index >= 15 is 0 Å². The van der Waals surface area contributed by atoms with Gasteiger partial charge in [0.25, 0.3) is 0 Å². The molecule has 0 bridgehead atoms. The molecule has 6 heteroatoms. The molecule has 0 spiro atoms. The molecule has 0 radical (unpaired) electrons. The quantitative estimate of drug-likeness (QED) is 0.609. The fourth-order valence-electron chi connectivity index (χ4n) is 2.84. The minimum atomic E-state index is 0.726. The van der Waals surface area contributed by atoms with Crippen LogP contribution in [0, 0.1) is 6.92 Å². The topological polar surface area (TPSA) is 68.1 Å². The number of ether oxygens (including phenoxy) is 1. The van der Waals surface area contributed by atoms with Gasteiger partial charge < -0.3 is 9.72 Å². The van der Waals surface area contributed by atoms with Gasteiger partial charge in [0.15, 0.2) is 17.2 Å². The summed E-state index contributed by atoms with van der Waals surface area (Å²) in [6.07, 6.45) is 3.45. The van der Waals surface area contributed by atoms with Crippen molar-refractivity contribution in [3.63, 3.8) is 0 Å². The van der Waals surface area contributed by atoms with Crippen LogP contribution in [-0.2, 0) is 12.8 Å². The van der Waals surface area contributed by atoms with Crippen molar-refractivity contribution in [3.05, 3.63) is 65.9 Å². The fraction of sp³-hybridized carbons (Fsp3) is 0.211. The Bertz CT molecular complexity index is 1000. The highest BCUT2D eigenvalue weighted by atomic mass is 16.5. The molecule has 3 heterocycles. The van der Waals surface area contributed by atoms with E-state index in [-0.39, 0.29) is 0 Å². The first kappa shape index (κ1) is 15.4. The van der Waals surface area contributed by atoms with Gasteiger partial charge in [-0.1, -0.05) is 30.3 Å². The van der Waals surface area contributed by atoms with E-state index in [1.54, 1.807) is 7.11 Å². The lowest BCUT2D eigenvalue weighted by Crippen LogP contribution is -1.97. The Labute approximate surface area is 145 Å². The molecule has 0 unspecified atom stereocenters. The van der Waals surface area contributed by atoms with Gasteiger partial charge in [0.05, 0.1) is 12.8 Å². The molecule has 0 saturated heterocycles. The first-order valence-corrected chi connectivity index (χ1v) is 8.23. The number of aromatic amines is 1. The number of H-pyrrole nitrogens is 1. The van der Waals surface area contributed by atoms with Crippen LogP contribution < -0.4 is 4.74 Å². The molecule has 0 amide bonds. The predicted octanol–water partition coefficient (Wildman–Crippen LogP) is 3.22. The van der Waals surface area contributed by atoms with Gasteiger partial charge in [-0.15, -0.1) is 0 Å². The summed E-state index contributed by atoms with van der Waals surface area (Å²) in [5.41, 5.74) is 3.87. The molecule has 0 fully saturated rings. The molecule has 0 saturated carbocycles. The largest absolute Gasteiger partial charge is 0.493 e. The minimum absolute atomic E-state index is 0.726. The van der Waals surface area contributed by atoms with Crippen LogP contribution in [0.1, 0.15) is 17.2 Å². The van der Waals surface area contributed by atoms with E-state index in [0.29, 0.717) is 0 Å². The van der Waals surface area contributed by atoms with Gasteiger partial charge in [0.1, 0.15) is 5.82 Å². The summed E-state index contributed by atoms with van der Waals surface area (Å²) in [5.74, 6) is 2.41. The molecule has 6 nitrogen and oxygen atoms in total. The Morgan fingerprint density at radius 3 is 2.68 bits per heavy atom. The summed E-state index contributed by atoms with van der Waals surface area (Å²) in [6.45, 7) is 2.00. The first-order valence-electron chi connectivity index (χ1n) is 8.23. The van der Waals surface area contributed by atoms with Gasteiger partial charge in [-0.25, -0.2) is 14.5 Å². The number of rotatable bonds is 5. The second kappa shape index (κ2) is 6.39. The number of hydrogen-bond donors (Lipinski definition) is 1. The number of nitrogens with one attached hydrogen (secondary N) is 1. The molecular formula is C19H19N5O. The van der Waals surface area contributed by atoms with Crippen LogP contribution in [0.25, 0.3) is 17.0 Å². The van der Waals surface area contributed by atoms with Crippen LogP contribution in [0.15, 0.2) is 48.7 Å². The van der Waals surface area contributed by atoms with Crippen molar-refractivity contribution < 1.29 is 4.74 Å². The van der Waals surface area contributed by atoms with Crippen molar-refractivity contribution in [2.75, 3.05) is 7.11 Å². The summed E-state index contributed by atoms with van der Waals surface area (Å²) in [7, 11) is 1.65. The third-order valence-electron chi connectivity index (χ3n) is 4.18. The van der Waals surface area contributed by atoms with Gasteiger partial charge in [0.2, 0.25) is 0 Å². The van der Waals surface area contributed by atoms with E-state index in [9.17, 15) is 0 Å². The van der Waals surface area contributed by atoms with Gasteiger partial charge in [-0.3, -0.25) is 0 Å². The standard InChI is InChI=1S/C19H19N5O/c1-13-8-10-16(25-2)19-22-17(23-24(13)19)11-9-15-12-20-18(21-15)14-6-4-3-5-7-14/h3-8,10,12H,9,11H2,1-2H3,(H,20,21). The lowest BCUT2D eigenvalue weighted by atomic mass is 10.2. The van der Waals surface area contributed by atoms with E-state index in [0.717, 1.165) is 52.8 Å². The smallest absolute Gasteiger partial charge is 0.198 e. The zero-order chi connectivity index (χ0) is 17.2. The van der Waals surface area contributed by atoms with Crippen molar-refractivity contribution >= 4 is 5.65 Å². The molecule has 25 heavy (non-hydrogen) atoms. The number of nitrogens with zero attached hydrogens (tertiary/aromatic N) is 4. The normalized spacial score (nSPS) is 11.1. The van der Waals surface area contributed by atoms with Crippen LogP contribution in [0.2, 0.25) is 0 Å². The Balaban J connectivity index is 1.53. The molecule has 1 aromatic carbocycles. The summed E-state index contributed by atoms with van der Waals surface area (Å²) >= 11 is 0. The van der Waals surface area contributed by atoms with Crippen molar-refractivity contribution in [1.82, 2.24) is 24.6 Å². The van der Waals surface area contributed by atoms with Gasteiger partial charge in [-0.05, 0) is 25.5 Å². The van der Waals surface area contributed by atoms with E-state index in [2.05, 4.69) is 20.1 Å². The lowest BCUT2D eigenvalue weighted by Gasteiger charge is -2.02. The molecule has 0 aliphatic heterocycles. The number of hydrogen-bond acceptors (Lipinski definition) is 4. The average molecular weight is 333 g/mol. The number of fused-ring (bicyclic) bond motifs is 1. The third-order valence-corrected chi connectivity index (χ3v) is 4.18. The highest BCUT2D eigenvalue weighted by Crippen LogP contribution is 2.20. The van der Waals surface area contributed by atoms with Crippen LogP contribution in [0.5, 0.6) is 5.75 Å². The van der Waals surface area contributed by atoms with Crippen LogP contribution >= 0.6 is 0 Å². The molecule has 0 aliphatic rings. The molecular weight excluding hydrogens is 314 g/mol. The second-order valence-corrected chi connectivity index (χ2v) is 5.91. The fourth-order valence-corrected chi connectivity index (χ4v) is 2.84. The number of pyridine rings is 1. The van der Waals surface area contributed by atoms with E-state index in [1.165, 1.54) is 0 Å². The van der Waals surface area contributed by atoms with Crippen molar-refractivity contribution in [3.8, 4) is 17.1 Å².